The van der Waals surface area contributed by atoms with Crippen LogP contribution in [-0.4, -0.2) is 63.7 Å². The fraction of sp³-hybridized carbons (Fsp3) is 0.778. The van der Waals surface area contributed by atoms with E-state index in [9.17, 15) is 24.3 Å². The quantitative estimate of drug-likeness (QED) is 0.501. The van der Waals surface area contributed by atoms with Gasteiger partial charge in [0.25, 0.3) is 0 Å². The Morgan fingerprint density at radius 2 is 1.97 bits per heavy atom. The normalized spacial score (nSPS) is 31.6. The molecule has 9 heteroatoms. The van der Waals surface area contributed by atoms with Gasteiger partial charge < -0.3 is 25.4 Å². The van der Waals surface area contributed by atoms with Gasteiger partial charge >= 0.3 is 12.1 Å². The minimum atomic E-state index is -1.31. The molecule has 0 aromatic carbocycles. The number of nitrogens with zero attached hydrogens (tertiary/aromatic N) is 1. The first-order chi connectivity index (χ1) is 16.8. The zero-order valence-electron chi connectivity index (χ0n) is 22.3. The molecule has 0 spiro atoms. The number of nitrogens with one attached hydrogen (secondary N) is 2. The molecule has 2 aliphatic heterocycles. The van der Waals surface area contributed by atoms with E-state index in [1.54, 1.807) is 25.7 Å². The second-order valence-electron chi connectivity index (χ2n) is 12.1. The number of aliphatic carboxylic acids is 1. The Balaban J connectivity index is 1.87. The van der Waals surface area contributed by atoms with Gasteiger partial charge in [0.1, 0.15) is 23.2 Å². The first kappa shape index (κ1) is 28.0. The van der Waals surface area contributed by atoms with Crippen LogP contribution in [-0.2, 0) is 19.1 Å². The molecule has 36 heavy (non-hydrogen) atoms. The van der Waals surface area contributed by atoms with E-state index in [1.165, 1.54) is 0 Å². The molecule has 1 saturated carbocycles. The van der Waals surface area contributed by atoms with Gasteiger partial charge in [0.05, 0.1) is 0 Å². The van der Waals surface area contributed by atoms with E-state index < -0.39 is 41.2 Å². The molecule has 3 amide bonds. The molecule has 0 unspecified atom stereocenters. The predicted molar refractivity (Wildman–Crippen MR) is 135 cm³/mol. The van der Waals surface area contributed by atoms with Crippen LogP contribution in [0.3, 0.4) is 0 Å². The van der Waals surface area contributed by atoms with Gasteiger partial charge in [0.15, 0.2) is 0 Å². The van der Waals surface area contributed by atoms with E-state index in [2.05, 4.69) is 24.5 Å². The molecule has 2 heterocycles. The summed E-state index contributed by atoms with van der Waals surface area (Å²) >= 11 is 0. The molecule has 0 aromatic heterocycles. The lowest BCUT2D eigenvalue weighted by Gasteiger charge is -2.30. The van der Waals surface area contributed by atoms with Crippen molar-refractivity contribution >= 4 is 23.9 Å². The number of carboxylic acids is 1. The minimum Gasteiger partial charge on any atom is -0.479 e. The van der Waals surface area contributed by atoms with Crippen LogP contribution < -0.4 is 10.6 Å². The van der Waals surface area contributed by atoms with Crippen molar-refractivity contribution in [2.24, 2.45) is 17.8 Å². The maximum Gasteiger partial charge on any atom is 0.408 e. The molecule has 1 aliphatic carbocycles. The molecular formula is C27H43N3O6. The van der Waals surface area contributed by atoms with Crippen molar-refractivity contribution in [3.8, 4) is 0 Å². The number of amides is 3. The maximum absolute atomic E-state index is 13.8. The van der Waals surface area contributed by atoms with Gasteiger partial charge in [-0.2, -0.15) is 0 Å². The van der Waals surface area contributed by atoms with Gasteiger partial charge in [-0.05, 0) is 71.1 Å². The molecule has 9 nitrogen and oxygen atoms in total. The van der Waals surface area contributed by atoms with Crippen molar-refractivity contribution in [2.75, 3.05) is 6.54 Å². The average Bonchev–Trinajstić information content (AvgIpc) is 3.28. The fourth-order valence-electron chi connectivity index (χ4n) is 5.47. The van der Waals surface area contributed by atoms with Crippen LogP contribution >= 0.6 is 0 Å². The summed E-state index contributed by atoms with van der Waals surface area (Å²) in [5.74, 6) is -1.51. The Bertz CT molecular complexity index is 879. The zero-order chi connectivity index (χ0) is 26.7. The number of ether oxygens (including phenoxy) is 1. The van der Waals surface area contributed by atoms with Crippen molar-refractivity contribution < 1.29 is 29.0 Å². The average molecular weight is 506 g/mol. The predicted octanol–water partition coefficient (Wildman–Crippen LogP) is 3.62. The number of carboxylic acid groups (broad SMARTS) is 1. The largest absolute Gasteiger partial charge is 0.479 e. The van der Waals surface area contributed by atoms with Crippen molar-refractivity contribution in [1.29, 1.82) is 0 Å². The number of hydrogen-bond acceptors (Lipinski definition) is 5. The lowest BCUT2D eigenvalue weighted by molar-refractivity contribution is -0.145. The maximum atomic E-state index is 13.8. The SMILES string of the molecule is CC(C)C[C@@H]1C[C@H]2C(=O)N[C@]3(C(=O)O)C[C@H]3C=CCCCCC[C@H](NC(=O)OC(C)(C)C)C(=O)N2C1. The Hall–Kier alpha value is -2.58. The topological polar surface area (TPSA) is 125 Å². The molecule has 202 valence electrons. The number of rotatable bonds is 4. The molecular weight excluding hydrogens is 462 g/mol. The van der Waals surface area contributed by atoms with Crippen molar-refractivity contribution in [3.63, 3.8) is 0 Å². The molecule has 3 aliphatic rings. The molecule has 3 N–H and O–H groups in total. The van der Waals surface area contributed by atoms with Crippen molar-refractivity contribution in [3.05, 3.63) is 12.2 Å². The zero-order valence-corrected chi connectivity index (χ0v) is 22.3. The Morgan fingerprint density at radius 3 is 2.61 bits per heavy atom. The molecule has 0 radical (unpaired) electrons. The molecule has 5 atom stereocenters. The van der Waals surface area contributed by atoms with Gasteiger partial charge in [0.2, 0.25) is 11.8 Å². The molecule has 0 aromatic rings. The summed E-state index contributed by atoms with van der Waals surface area (Å²) in [5.41, 5.74) is -2.02. The molecule has 2 fully saturated rings. The van der Waals surface area contributed by atoms with E-state index in [1.807, 2.05) is 12.2 Å². The number of alkyl carbamates (subject to hydrolysis) is 1. The lowest BCUT2D eigenvalue weighted by atomic mass is 9.94. The van der Waals surface area contributed by atoms with Gasteiger partial charge in [-0.3, -0.25) is 9.59 Å². The van der Waals surface area contributed by atoms with E-state index in [0.717, 1.165) is 32.1 Å². The van der Waals surface area contributed by atoms with E-state index in [4.69, 9.17) is 4.74 Å². The monoisotopic (exact) mass is 505 g/mol. The summed E-state index contributed by atoms with van der Waals surface area (Å²) in [4.78, 5) is 53.5. The van der Waals surface area contributed by atoms with Crippen LogP contribution in [0.1, 0.15) is 86.0 Å². The van der Waals surface area contributed by atoms with Gasteiger partial charge in [-0.1, -0.05) is 38.8 Å². The van der Waals surface area contributed by atoms with Crippen LogP contribution in [0, 0.1) is 17.8 Å². The van der Waals surface area contributed by atoms with Crippen LogP contribution in [0.2, 0.25) is 0 Å². The highest BCUT2D eigenvalue weighted by molar-refractivity contribution is 5.96. The highest BCUT2D eigenvalue weighted by atomic mass is 16.6. The number of allylic oxidation sites excluding steroid dienone is 1. The van der Waals surface area contributed by atoms with Gasteiger partial charge in [0, 0.05) is 12.5 Å². The smallest absolute Gasteiger partial charge is 0.408 e. The van der Waals surface area contributed by atoms with Gasteiger partial charge in [-0.15, -0.1) is 0 Å². The second kappa shape index (κ2) is 11.2. The van der Waals surface area contributed by atoms with Crippen LogP contribution in [0.5, 0.6) is 0 Å². The molecule has 1 saturated heterocycles. The molecule has 0 bridgehead atoms. The highest BCUT2D eigenvalue weighted by Gasteiger charge is 2.61. The van der Waals surface area contributed by atoms with Crippen LogP contribution in [0.25, 0.3) is 0 Å². The Kier molecular flexibility index (Phi) is 8.72. The van der Waals surface area contributed by atoms with Crippen LogP contribution in [0.4, 0.5) is 4.79 Å². The van der Waals surface area contributed by atoms with E-state index in [0.29, 0.717) is 31.7 Å². The number of carbonyl (C=O) groups is 4. The summed E-state index contributed by atoms with van der Waals surface area (Å²) in [7, 11) is 0. The third-order valence-electron chi connectivity index (χ3n) is 7.24. The molecule has 3 rings (SSSR count). The summed E-state index contributed by atoms with van der Waals surface area (Å²) < 4.78 is 5.41. The highest BCUT2D eigenvalue weighted by Crippen LogP contribution is 2.45. The van der Waals surface area contributed by atoms with Gasteiger partial charge in [-0.25, -0.2) is 9.59 Å². The second-order valence-corrected chi connectivity index (χ2v) is 12.1. The van der Waals surface area contributed by atoms with E-state index >= 15 is 0 Å². The standard InChI is InChI=1S/C27H43N3O6/c1-17(2)13-18-14-21-22(31)29-27(24(33)34)15-19(27)11-9-7-6-8-10-12-20(23(32)30(21)16-18)28-25(35)36-26(3,4)5/h9,11,17-21H,6-8,10,12-16H2,1-5H3,(H,28,35)(H,29,31)(H,33,34)/t18-,19-,20+,21+,27-/m1/s1. The van der Waals surface area contributed by atoms with Crippen molar-refractivity contribution in [2.45, 2.75) is 109 Å². The van der Waals surface area contributed by atoms with E-state index in [-0.39, 0.29) is 17.7 Å². The Labute approximate surface area is 214 Å². The minimum absolute atomic E-state index is 0.126. The fourth-order valence-corrected chi connectivity index (χ4v) is 5.47. The number of fused-ring (bicyclic) bond motifs is 2. The number of hydrogen-bond donors (Lipinski definition) is 3. The third kappa shape index (κ3) is 7.01. The third-order valence-corrected chi connectivity index (χ3v) is 7.24. The van der Waals surface area contributed by atoms with Crippen molar-refractivity contribution in [1.82, 2.24) is 15.5 Å². The summed E-state index contributed by atoms with van der Waals surface area (Å²) in [6.45, 7) is 9.90. The summed E-state index contributed by atoms with van der Waals surface area (Å²) in [5, 5.41) is 15.5. The first-order valence-corrected chi connectivity index (χ1v) is 13.3. The Morgan fingerprint density at radius 1 is 1.25 bits per heavy atom. The van der Waals surface area contributed by atoms with Crippen LogP contribution in [0.15, 0.2) is 12.2 Å². The lowest BCUT2D eigenvalue weighted by Crippen LogP contribution is -2.56. The number of carbonyl (C=O) groups excluding carboxylic acids is 3. The summed E-state index contributed by atoms with van der Waals surface area (Å²) in [6.07, 6.45) is 8.66. The summed E-state index contributed by atoms with van der Waals surface area (Å²) in [6, 6.07) is -1.58. The first-order valence-electron chi connectivity index (χ1n) is 13.3.